The average molecular weight is 285 g/mol. The molecule has 0 aromatic rings. The van der Waals surface area contributed by atoms with Gasteiger partial charge in [-0.05, 0) is 50.9 Å². The Morgan fingerprint density at radius 2 is 1.90 bits per heavy atom. The van der Waals surface area contributed by atoms with E-state index in [4.69, 9.17) is 19.2 Å². The van der Waals surface area contributed by atoms with Gasteiger partial charge in [0.1, 0.15) is 0 Å². The zero-order valence-electron chi connectivity index (χ0n) is 12.4. The first-order chi connectivity index (χ1) is 9.83. The van der Waals surface area contributed by atoms with Crippen LogP contribution in [-0.2, 0) is 19.2 Å². The van der Waals surface area contributed by atoms with Crippen LogP contribution in [0.3, 0.4) is 0 Å². The zero-order chi connectivity index (χ0) is 13.8. The highest BCUT2D eigenvalue weighted by molar-refractivity contribution is 4.93. The van der Waals surface area contributed by atoms with Crippen LogP contribution in [0, 0.1) is 5.92 Å². The average Bonchev–Trinajstić information content (AvgIpc) is 2.45. The fourth-order valence-corrected chi connectivity index (χ4v) is 3.87. The number of fused-ring (bicyclic) bond motifs is 2. The Morgan fingerprint density at radius 3 is 2.55 bits per heavy atom. The Kier molecular flexibility index (Phi) is 5.29. The molecule has 0 aliphatic carbocycles. The van der Waals surface area contributed by atoms with Gasteiger partial charge >= 0.3 is 0 Å². The van der Waals surface area contributed by atoms with E-state index in [1.807, 2.05) is 0 Å². The number of rotatable bonds is 5. The van der Waals surface area contributed by atoms with Gasteiger partial charge in [0.25, 0.3) is 0 Å². The summed E-state index contributed by atoms with van der Waals surface area (Å²) < 4.78 is 11.9. The van der Waals surface area contributed by atoms with Crippen LogP contribution in [0.1, 0.15) is 44.9 Å². The number of hydrogen-bond acceptors (Lipinski definition) is 5. The van der Waals surface area contributed by atoms with Gasteiger partial charge in [0, 0.05) is 18.7 Å². The highest BCUT2D eigenvalue weighted by Gasteiger charge is 2.37. The van der Waals surface area contributed by atoms with Crippen molar-refractivity contribution in [2.75, 3.05) is 20.3 Å². The van der Waals surface area contributed by atoms with E-state index < -0.39 is 0 Å². The van der Waals surface area contributed by atoms with Crippen LogP contribution < -0.4 is 5.32 Å². The smallest absolute Gasteiger partial charge is 0.157 e. The van der Waals surface area contributed by atoms with Crippen LogP contribution >= 0.6 is 0 Å². The number of piperidine rings is 2. The fourth-order valence-electron chi connectivity index (χ4n) is 3.87. The molecule has 0 aromatic carbocycles. The van der Waals surface area contributed by atoms with Gasteiger partial charge in [-0.1, -0.05) is 0 Å². The van der Waals surface area contributed by atoms with Gasteiger partial charge in [0.2, 0.25) is 0 Å². The SMILES string of the molecule is COOCC1CC2CC(OC3CCCCO3)CC(C1)N2. The molecule has 5 nitrogen and oxygen atoms in total. The highest BCUT2D eigenvalue weighted by atomic mass is 17.2. The molecule has 5 heteroatoms. The normalized spacial score (nSPS) is 41.5. The topological polar surface area (TPSA) is 49.0 Å². The molecule has 1 N–H and O–H groups in total. The summed E-state index contributed by atoms with van der Waals surface area (Å²) in [7, 11) is 1.58. The third-order valence-corrected chi connectivity index (χ3v) is 4.71. The molecule has 0 radical (unpaired) electrons. The minimum atomic E-state index is 0.0419. The maximum Gasteiger partial charge on any atom is 0.157 e. The number of ether oxygens (including phenoxy) is 2. The van der Waals surface area contributed by atoms with Gasteiger partial charge in [-0.15, -0.1) is 0 Å². The summed E-state index contributed by atoms with van der Waals surface area (Å²) in [5.74, 6) is 0.609. The molecule has 0 aromatic heterocycles. The largest absolute Gasteiger partial charge is 0.353 e. The van der Waals surface area contributed by atoms with E-state index in [1.165, 1.54) is 12.8 Å². The van der Waals surface area contributed by atoms with Crippen LogP contribution in [-0.4, -0.2) is 44.8 Å². The van der Waals surface area contributed by atoms with Crippen LogP contribution in [0.2, 0.25) is 0 Å². The Hall–Kier alpha value is -0.200. The molecule has 3 fully saturated rings. The molecule has 20 heavy (non-hydrogen) atoms. The first-order valence-electron chi connectivity index (χ1n) is 8.02. The molecule has 0 amide bonds. The van der Waals surface area contributed by atoms with Crippen LogP contribution in [0.5, 0.6) is 0 Å². The van der Waals surface area contributed by atoms with Crippen LogP contribution in [0.25, 0.3) is 0 Å². The number of hydrogen-bond donors (Lipinski definition) is 1. The van der Waals surface area contributed by atoms with E-state index >= 15 is 0 Å². The maximum atomic E-state index is 6.17. The molecular formula is C15H27NO4. The van der Waals surface area contributed by atoms with E-state index in [2.05, 4.69) is 5.32 Å². The lowest BCUT2D eigenvalue weighted by Crippen LogP contribution is -2.54. The van der Waals surface area contributed by atoms with Crippen molar-refractivity contribution in [3.63, 3.8) is 0 Å². The summed E-state index contributed by atoms with van der Waals surface area (Å²) in [4.78, 5) is 9.83. The third kappa shape index (κ3) is 3.92. The fraction of sp³-hybridized carbons (Fsp3) is 1.00. The predicted molar refractivity (Wildman–Crippen MR) is 74.1 cm³/mol. The minimum absolute atomic E-state index is 0.0419. The van der Waals surface area contributed by atoms with Gasteiger partial charge in [0.05, 0.1) is 19.8 Å². The molecule has 3 heterocycles. The summed E-state index contributed by atoms with van der Waals surface area (Å²) in [6.07, 6.45) is 8.39. The second-order valence-electron chi connectivity index (χ2n) is 6.37. The van der Waals surface area contributed by atoms with E-state index in [0.29, 0.717) is 30.7 Å². The van der Waals surface area contributed by atoms with Gasteiger partial charge in [0.15, 0.2) is 6.29 Å². The Bertz CT molecular complexity index is 282. The van der Waals surface area contributed by atoms with Crippen molar-refractivity contribution in [2.45, 2.75) is 69.4 Å². The van der Waals surface area contributed by atoms with Crippen LogP contribution in [0.15, 0.2) is 0 Å². The Balaban J connectivity index is 1.46. The van der Waals surface area contributed by atoms with E-state index in [9.17, 15) is 0 Å². The van der Waals surface area contributed by atoms with E-state index in [1.54, 1.807) is 7.11 Å². The van der Waals surface area contributed by atoms with Crippen molar-refractivity contribution in [3.8, 4) is 0 Å². The summed E-state index contributed by atoms with van der Waals surface area (Å²) >= 11 is 0. The molecule has 0 saturated carbocycles. The van der Waals surface area contributed by atoms with Crippen molar-refractivity contribution in [3.05, 3.63) is 0 Å². The highest BCUT2D eigenvalue weighted by Crippen LogP contribution is 2.32. The second-order valence-corrected chi connectivity index (χ2v) is 6.37. The molecule has 0 spiro atoms. The molecule has 3 atom stereocenters. The van der Waals surface area contributed by atoms with Crippen molar-refractivity contribution in [2.24, 2.45) is 5.92 Å². The van der Waals surface area contributed by atoms with Crippen molar-refractivity contribution < 1.29 is 19.2 Å². The van der Waals surface area contributed by atoms with Crippen molar-refractivity contribution in [1.29, 1.82) is 0 Å². The summed E-state index contributed by atoms with van der Waals surface area (Å²) in [6, 6.07) is 1.11. The lowest BCUT2D eigenvalue weighted by Gasteiger charge is -2.44. The first kappa shape index (κ1) is 14.7. The van der Waals surface area contributed by atoms with E-state index in [0.717, 1.165) is 38.7 Å². The molecule has 3 aliphatic heterocycles. The molecule has 3 aliphatic rings. The lowest BCUT2D eigenvalue weighted by molar-refractivity contribution is -0.282. The first-order valence-corrected chi connectivity index (χ1v) is 8.02. The van der Waals surface area contributed by atoms with Crippen molar-refractivity contribution in [1.82, 2.24) is 5.32 Å². The summed E-state index contributed by atoms with van der Waals surface area (Å²) in [5.41, 5.74) is 0. The standard InChI is InChI=1S/C15H27NO4/c1-17-19-10-11-6-12-8-14(9-13(7-11)16-12)20-15-4-2-3-5-18-15/h11-16H,2-10H2,1H3. The van der Waals surface area contributed by atoms with Crippen molar-refractivity contribution >= 4 is 0 Å². The summed E-state index contributed by atoms with van der Waals surface area (Å²) in [5, 5.41) is 3.71. The Morgan fingerprint density at radius 1 is 1.10 bits per heavy atom. The maximum absolute atomic E-state index is 6.17. The molecular weight excluding hydrogens is 258 g/mol. The monoisotopic (exact) mass is 285 g/mol. The summed E-state index contributed by atoms with van der Waals surface area (Å²) in [6.45, 7) is 1.57. The third-order valence-electron chi connectivity index (χ3n) is 4.71. The second kappa shape index (κ2) is 7.18. The Labute approximate surface area is 121 Å². The molecule has 2 bridgehead atoms. The lowest BCUT2D eigenvalue weighted by atomic mass is 9.79. The minimum Gasteiger partial charge on any atom is -0.353 e. The number of nitrogens with one attached hydrogen (secondary N) is 1. The molecule has 3 unspecified atom stereocenters. The molecule has 3 saturated heterocycles. The quantitative estimate of drug-likeness (QED) is 0.618. The van der Waals surface area contributed by atoms with Gasteiger partial charge in [-0.2, -0.15) is 0 Å². The van der Waals surface area contributed by atoms with Gasteiger partial charge < -0.3 is 14.8 Å². The molecule has 3 rings (SSSR count). The predicted octanol–water partition coefficient (Wildman–Crippen LogP) is 2.01. The zero-order valence-corrected chi connectivity index (χ0v) is 12.4. The molecule has 116 valence electrons. The van der Waals surface area contributed by atoms with Crippen LogP contribution in [0.4, 0.5) is 0 Å². The van der Waals surface area contributed by atoms with E-state index in [-0.39, 0.29) is 6.29 Å². The van der Waals surface area contributed by atoms with Gasteiger partial charge in [-0.25, -0.2) is 9.78 Å². The van der Waals surface area contributed by atoms with Gasteiger partial charge in [-0.3, -0.25) is 0 Å².